The number of benzene rings is 1. The Morgan fingerprint density at radius 1 is 1.23 bits per heavy atom. The lowest BCUT2D eigenvalue weighted by Gasteiger charge is -2.37. The molecule has 3 atom stereocenters. The fourth-order valence-corrected chi connectivity index (χ4v) is 5.61. The van der Waals surface area contributed by atoms with Gasteiger partial charge in [0.15, 0.2) is 0 Å². The molecule has 2 aromatic rings. The van der Waals surface area contributed by atoms with Gasteiger partial charge >= 0.3 is 12.1 Å². The normalized spacial score (nSPS) is 20.4. The molecule has 12 heteroatoms. The zero-order chi connectivity index (χ0) is 32.2. The number of allylic oxidation sites excluding steroid dienone is 2. The van der Waals surface area contributed by atoms with Crippen LogP contribution in [0.4, 0.5) is 19.0 Å². The van der Waals surface area contributed by atoms with Gasteiger partial charge in [-0.1, -0.05) is 32.9 Å². The summed E-state index contributed by atoms with van der Waals surface area (Å²) in [6, 6.07) is 6.34. The smallest absolute Gasteiger partial charge is 0.416 e. The summed E-state index contributed by atoms with van der Waals surface area (Å²) in [5, 5.41) is 12.1. The molecule has 1 amide bonds. The minimum atomic E-state index is -4.58. The van der Waals surface area contributed by atoms with E-state index in [0.29, 0.717) is 42.0 Å². The van der Waals surface area contributed by atoms with E-state index in [2.05, 4.69) is 21.9 Å². The van der Waals surface area contributed by atoms with Gasteiger partial charge in [0.2, 0.25) is 0 Å². The van der Waals surface area contributed by atoms with Gasteiger partial charge in [0.1, 0.15) is 17.4 Å². The minimum absolute atomic E-state index is 0.0680. The molecule has 44 heavy (non-hydrogen) atoms. The average molecular weight is 612 g/mol. The molecule has 3 unspecified atom stereocenters. The fraction of sp³-hybridized carbons (Fsp3) is 0.375. The van der Waals surface area contributed by atoms with Crippen molar-refractivity contribution in [3.8, 4) is 5.75 Å². The van der Waals surface area contributed by atoms with Gasteiger partial charge in [0, 0.05) is 35.4 Å². The van der Waals surface area contributed by atoms with Crippen LogP contribution in [0.15, 0.2) is 71.9 Å². The Morgan fingerprint density at radius 3 is 2.61 bits per heavy atom. The first-order valence-electron chi connectivity index (χ1n) is 14.3. The summed E-state index contributed by atoms with van der Waals surface area (Å²) in [7, 11) is 1.46. The Bertz CT molecular complexity index is 1530. The van der Waals surface area contributed by atoms with E-state index in [1.54, 1.807) is 24.5 Å². The Labute approximate surface area is 254 Å². The highest BCUT2D eigenvalue weighted by Crippen LogP contribution is 2.42. The van der Waals surface area contributed by atoms with E-state index in [4.69, 9.17) is 10.5 Å². The van der Waals surface area contributed by atoms with E-state index in [1.165, 1.54) is 13.2 Å². The molecule has 9 nitrogen and oxygen atoms in total. The number of nitrogens with two attached hydrogens (primary N) is 1. The number of amidine groups is 1. The van der Waals surface area contributed by atoms with Crippen molar-refractivity contribution < 1.29 is 32.6 Å². The highest BCUT2D eigenvalue weighted by Gasteiger charge is 2.34. The molecule has 2 heterocycles. The molecule has 1 aliphatic carbocycles. The molecular weight excluding hydrogens is 575 g/mol. The van der Waals surface area contributed by atoms with Gasteiger partial charge in [-0.25, -0.2) is 9.98 Å². The van der Waals surface area contributed by atoms with Crippen LogP contribution in [0.25, 0.3) is 5.57 Å². The van der Waals surface area contributed by atoms with Crippen molar-refractivity contribution in [1.29, 1.82) is 0 Å². The number of aromatic nitrogens is 1. The maximum atomic E-state index is 13.1. The molecule has 2 aliphatic rings. The largest absolute Gasteiger partial charge is 0.496 e. The Balaban J connectivity index is 1.73. The third-order valence-corrected chi connectivity index (χ3v) is 8.16. The number of ether oxygens (including phenoxy) is 1. The lowest BCUT2D eigenvalue weighted by molar-refractivity contribution is -0.143. The van der Waals surface area contributed by atoms with Gasteiger partial charge in [-0.05, 0) is 67.4 Å². The quantitative estimate of drug-likeness (QED) is 0.289. The van der Waals surface area contributed by atoms with Crippen molar-refractivity contribution in [2.45, 2.75) is 52.1 Å². The van der Waals surface area contributed by atoms with Gasteiger partial charge in [0.05, 0.1) is 24.3 Å². The first kappa shape index (κ1) is 32.3. The molecule has 1 fully saturated rings. The monoisotopic (exact) mass is 611 g/mol. The van der Waals surface area contributed by atoms with E-state index in [1.807, 2.05) is 18.7 Å². The van der Waals surface area contributed by atoms with Crippen LogP contribution in [0.2, 0.25) is 0 Å². The highest BCUT2D eigenvalue weighted by atomic mass is 19.4. The van der Waals surface area contributed by atoms with Crippen molar-refractivity contribution in [2.24, 2.45) is 28.5 Å². The number of alkyl halides is 3. The predicted molar refractivity (Wildman–Crippen MR) is 161 cm³/mol. The second-order valence-corrected chi connectivity index (χ2v) is 10.9. The minimum Gasteiger partial charge on any atom is -0.496 e. The van der Waals surface area contributed by atoms with Crippen molar-refractivity contribution in [3.63, 3.8) is 0 Å². The molecule has 4 N–H and O–H groups in total. The van der Waals surface area contributed by atoms with E-state index in [0.717, 1.165) is 36.7 Å². The van der Waals surface area contributed by atoms with Crippen LogP contribution in [0.1, 0.15) is 67.4 Å². The van der Waals surface area contributed by atoms with Crippen LogP contribution < -0.4 is 15.8 Å². The number of hydrogen-bond donors (Lipinski definition) is 3. The number of carbonyl (C=O) groups is 2. The maximum absolute atomic E-state index is 13.1. The van der Waals surface area contributed by atoms with Gasteiger partial charge in [-0.2, -0.15) is 13.2 Å². The summed E-state index contributed by atoms with van der Waals surface area (Å²) in [5.74, 6) is -1.73. The number of aliphatic imine (C=N–C) groups is 1. The molecule has 1 saturated carbocycles. The topological polar surface area (TPSA) is 130 Å². The maximum Gasteiger partial charge on any atom is 0.416 e. The molecule has 0 spiro atoms. The van der Waals surface area contributed by atoms with Gasteiger partial charge < -0.3 is 25.8 Å². The van der Waals surface area contributed by atoms with Crippen molar-refractivity contribution in [2.75, 3.05) is 12.4 Å². The van der Waals surface area contributed by atoms with Gasteiger partial charge in [-0.3, -0.25) is 9.59 Å². The van der Waals surface area contributed by atoms with Crippen LogP contribution in [0.3, 0.4) is 0 Å². The number of carboxylic acids is 1. The summed E-state index contributed by atoms with van der Waals surface area (Å²) >= 11 is 0. The van der Waals surface area contributed by atoms with Gasteiger partial charge in [-0.15, -0.1) is 0 Å². The Morgan fingerprint density at radius 2 is 1.95 bits per heavy atom. The van der Waals surface area contributed by atoms with Crippen LogP contribution in [0, 0.1) is 17.8 Å². The zero-order valence-electron chi connectivity index (χ0n) is 24.8. The van der Waals surface area contributed by atoms with Crippen molar-refractivity contribution >= 4 is 29.1 Å². The summed E-state index contributed by atoms with van der Waals surface area (Å²) in [6.07, 6.45) is 3.10. The number of rotatable bonds is 9. The molecule has 1 aromatic carbocycles. The molecule has 0 bridgehead atoms. The molecule has 234 valence electrons. The summed E-state index contributed by atoms with van der Waals surface area (Å²) in [6.45, 7) is 8.40. The highest BCUT2D eigenvalue weighted by molar-refractivity contribution is 6.07. The van der Waals surface area contributed by atoms with E-state index in [9.17, 15) is 27.9 Å². The summed E-state index contributed by atoms with van der Waals surface area (Å²) < 4.78 is 45.1. The predicted octanol–water partition coefficient (Wildman–Crippen LogP) is 6.67. The average Bonchev–Trinajstić information content (AvgIpc) is 3.01. The molecule has 1 aromatic heterocycles. The number of amides is 1. The number of carbonyl (C=O) groups excluding carboxylic acids is 1. The number of halogens is 3. The Kier molecular flexibility index (Phi) is 9.81. The number of hydrogen-bond acceptors (Lipinski definition) is 7. The first-order chi connectivity index (χ1) is 20.8. The molecule has 0 saturated heterocycles. The molecule has 1 aliphatic heterocycles. The van der Waals surface area contributed by atoms with Crippen LogP contribution in [0.5, 0.6) is 5.75 Å². The van der Waals surface area contributed by atoms with E-state index in [-0.39, 0.29) is 29.1 Å². The van der Waals surface area contributed by atoms with Crippen LogP contribution >= 0.6 is 0 Å². The second kappa shape index (κ2) is 13.4. The zero-order valence-corrected chi connectivity index (χ0v) is 24.8. The standard InChI is InChI=1S/C32H36F3N5O4/c1-5-18(2)27(28-29(36)38-13-14-40(28)19(3)20-7-6-8-22(15-20)31(42)43)24-10-9-21(16-25(24)44-4)30(41)39-26-17-23(11-12-37-26)32(33,34)35/h9-14,16-18,20,22H,3,5-8,15H2,1-2,4H3,(H2,36,38)(H,42,43)(H,37,39,41)/b28-27+. The Hall–Kier alpha value is -4.61. The summed E-state index contributed by atoms with van der Waals surface area (Å²) in [4.78, 5) is 34.9. The third kappa shape index (κ3) is 6.95. The number of nitrogens with zero attached hydrogens (tertiary/aromatic N) is 3. The third-order valence-electron chi connectivity index (χ3n) is 8.16. The molecular formula is C32H36F3N5O4. The second-order valence-electron chi connectivity index (χ2n) is 10.9. The first-order valence-corrected chi connectivity index (χ1v) is 14.3. The number of nitrogens with one attached hydrogen (secondary N) is 1. The van der Waals surface area contributed by atoms with Gasteiger partial charge in [0.25, 0.3) is 5.91 Å². The van der Waals surface area contributed by atoms with Crippen molar-refractivity contribution in [1.82, 2.24) is 9.88 Å². The lowest BCUT2D eigenvalue weighted by atomic mass is 9.79. The molecule has 4 rings (SSSR count). The fourth-order valence-electron chi connectivity index (χ4n) is 5.61. The van der Waals surface area contributed by atoms with E-state index < -0.39 is 29.5 Å². The number of methoxy groups -OCH3 is 1. The number of aliphatic carboxylic acids is 1. The van der Waals surface area contributed by atoms with Crippen LogP contribution in [-0.2, 0) is 11.0 Å². The lowest BCUT2D eigenvalue weighted by Crippen LogP contribution is -2.35. The SMILES string of the molecule is C=C(C1CCCC(C(=O)O)C1)N1C=CN=C(N)/C1=C(\c1ccc(C(=O)Nc2cc(C(F)(F)F)ccn2)cc1OC)C(C)CC. The van der Waals surface area contributed by atoms with Crippen molar-refractivity contribution in [3.05, 3.63) is 83.6 Å². The molecule has 0 radical (unpaired) electrons. The van der Waals surface area contributed by atoms with Crippen LogP contribution in [-0.4, -0.2) is 39.8 Å². The number of carboxylic acid groups (broad SMARTS) is 1. The summed E-state index contributed by atoms with van der Waals surface area (Å²) in [5.41, 5.74) is 8.46. The number of anilines is 1. The number of pyridine rings is 1. The van der Waals surface area contributed by atoms with E-state index >= 15 is 0 Å².